The molecule has 0 atom stereocenters. The van der Waals surface area contributed by atoms with Crippen LogP contribution < -0.4 is 0 Å². The van der Waals surface area contributed by atoms with Gasteiger partial charge in [-0.2, -0.15) is 5.26 Å². The number of hydrogen-bond donors (Lipinski definition) is 0. The molecule has 1 aromatic rings. The summed E-state index contributed by atoms with van der Waals surface area (Å²) in [5.41, 5.74) is 0.755. The maximum atomic E-state index is 14.4. The Morgan fingerprint density at radius 3 is 2.12 bits per heavy atom. The molecular formula is C20H31FN2O. The van der Waals surface area contributed by atoms with E-state index < -0.39 is 5.41 Å². The summed E-state index contributed by atoms with van der Waals surface area (Å²) in [6.45, 7) is 17.7. The zero-order chi connectivity index (χ0) is 19.1. The van der Waals surface area contributed by atoms with Crippen LogP contribution in [-0.4, -0.2) is 18.0 Å². The van der Waals surface area contributed by atoms with Gasteiger partial charge in [-0.3, -0.25) is 0 Å². The van der Waals surface area contributed by atoms with Crippen LogP contribution in [0, 0.1) is 24.1 Å². The molecule has 1 heterocycles. The van der Waals surface area contributed by atoms with Gasteiger partial charge in [0, 0.05) is 0 Å². The fraction of sp³-hybridized carbons (Fsp3) is 0.600. The second-order valence-corrected chi connectivity index (χ2v) is 6.40. The molecule has 0 aromatic heterocycles. The van der Waals surface area contributed by atoms with Crippen molar-refractivity contribution in [2.24, 2.45) is 4.99 Å². The molecule has 0 saturated heterocycles. The third-order valence-electron chi connectivity index (χ3n) is 3.47. The molecule has 3 nitrogen and oxygen atoms in total. The van der Waals surface area contributed by atoms with E-state index >= 15 is 0 Å². The minimum absolute atomic E-state index is 0.321. The third kappa shape index (κ3) is 5.06. The molecule has 0 saturated carbocycles. The van der Waals surface area contributed by atoms with Crippen molar-refractivity contribution in [3.05, 3.63) is 34.6 Å². The van der Waals surface area contributed by atoms with Gasteiger partial charge in [0.15, 0.2) is 0 Å². The van der Waals surface area contributed by atoms with Gasteiger partial charge in [0.05, 0.1) is 22.6 Å². The predicted octanol–water partition coefficient (Wildman–Crippen LogP) is 5.54. The number of benzene rings is 1. The summed E-state index contributed by atoms with van der Waals surface area (Å²) in [6.07, 6.45) is 0. The molecule has 4 heteroatoms. The zero-order valence-electron chi connectivity index (χ0n) is 16.5. The Kier molecular flexibility index (Phi) is 8.13. The summed E-state index contributed by atoms with van der Waals surface area (Å²) in [4.78, 5) is 4.41. The summed E-state index contributed by atoms with van der Waals surface area (Å²) in [5.74, 6) is -0.0360. The van der Waals surface area contributed by atoms with E-state index in [-0.39, 0.29) is 11.4 Å². The lowest BCUT2D eigenvalue weighted by Gasteiger charge is -2.18. The molecule has 0 spiro atoms. The highest BCUT2D eigenvalue weighted by molar-refractivity contribution is 5.97. The molecule has 1 aromatic carbocycles. The smallest absolute Gasteiger partial charge is 0.220 e. The standard InChI is InChI=1S/C16H19FN2O.2C2H6/c1-10-6-11(15(2,3)8-18)7-12(17)13(10)14-19-16(4,5)9-20-14;2*1-2/h6-7H,9H2,1-5H3;2*1-2H3. The molecule has 0 N–H and O–H groups in total. The molecule has 0 aliphatic carbocycles. The summed E-state index contributed by atoms with van der Waals surface area (Å²) in [6, 6.07) is 5.42. The Morgan fingerprint density at radius 1 is 1.21 bits per heavy atom. The van der Waals surface area contributed by atoms with Crippen LogP contribution in [0.4, 0.5) is 4.39 Å². The molecule has 0 fully saturated rings. The highest BCUT2D eigenvalue weighted by Gasteiger charge is 2.30. The average Bonchev–Trinajstić information content (AvgIpc) is 2.90. The predicted molar refractivity (Wildman–Crippen MR) is 99.0 cm³/mol. The first-order valence-electron chi connectivity index (χ1n) is 8.61. The van der Waals surface area contributed by atoms with E-state index in [4.69, 9.17) is 10.00 Å². The van der Waals surface area contributed by atoms with Crippen LogP contribution in [-0.2, 0) is 10.2 Å². The van der Waals surface area contributed by atoms with E-state index in [0.717, 1.165) is 5.56 Å². The van der Waals surface area contributed by atoms with Crippen molar-refractivity contribution in [2.45, 2.75) is 73.3 Å². The Balaban J connectivity index is 0.00000123. The molecular weight excluding hydrogens is 303 g/mol. The van der Waals surface area contributed by atoms with Crippen molar-refractivity contribution in [2.75, 3.05) is 6.61 Å². The van der Waals surface area contributed by atoms with Gasteiger partial charge in [-0.25, -0.2) is 9.38 Å². The van der Waals surface area contributed by atoms with Crippen LogP contribution in [0.2, 0.25) is 0 Å². The monoisotopic (exact) mass is 334 g/mol. The molecule has 1 aliphatic heterocycles. The molecule has 0 radical (unpaired) electrons. The maximum Gasteiger partial charge on any atom is 0.220 e. The zero-order valence-corrected chi connectivity index (χ0v) is 16.5. The molecule has 2 rings (SSSR count). The first-order chi connectivity index (χ1) is 11.2. The number of nitriles is 1. The lowest BCUT2D eigenvalue weighted by molar-refractivity contribution is 0.278. The topological polar surface area (TPSA) is 45.4 Å². The second-order valence-electron chi connectivity index (χ2n) is 6.40. The van der Waals surface area contributed by atoms with Gasteiger partial charge in [-0.15, -0.1) is 0 Å². The van der Waals surface area contributed by atoms with E-state index in [2.05, 4.69) is 11.1 Å². The van der Waals surface area contributed by atoms with Crippen molar-refractivity contribution >= 4 is 5.90 Å². The van der Waals surface area contributed by atoms with Crippen molar-refractivity contribution in [1.29, 1.82) is 5.26 Å². The first-order valence-corrected chi connectivity index (χ1v) is 8.61. The summed E-state index contributed by atoms with van der Waals surface area (Å²) < 4.78 is 19.9. The lowest BCUT2D eigenvalue weighted by atomic mass is 9.84. The van der Waals surface area contributed by atoms with E-state index in [0.29, 0.717) is 23.6 Å². The number of aliphatic imine (C=N–C) groups is 1. The number of ether oxygens (including phenoxy) is 1. The summed E-state index contributed by atoms with van der Waals surface area (Å²) in [5, 5.41) is 9.16. The maximum absolute atomic E-state index is 14.4. The van der Waals surface area contributed by atoms with Crippen molar-refractivity contribution < 1.29 is 9.13 Å². The van der Waals surface area contributed by atoms with Crippen molar-refractivity contribution in [1.82, 2.24) is 0 Å². The number of rotatable bonds is 2. The van der Waals surface area contributed by atoms with Crippen LogP contribution in [0.5, 0.6) is 0 Å². The Morgan fingerprint density at radius 2 is 1.75 bits per heavy atom. The molecule has 24 heavy (non-hydrogen) atoms. The van der Waals surface area contributed by atoms with Crippen LogP contribution in [0.3, 0.4) is 0 Å². The van der Waals surface area contributed by atoms with E-state index in [9.17, 15) is 4.39 Å². The Labute approximate surface area is 146 Å². The highest BCUT2D eigenvalue weighted by Crippen LogP contribution is 2.29. The van der Waals surface area contributed by atoms with Gasteiger partial charge in [0.25, 0.3) is 0 Å². The Hall–Kier alpha value is -1.89. The largest absolute Gasteiger partial charge is 0.475 e. The minimum atomic E-state index is -0.720. The third-order valence-corrected chi connectivity index (χ3v) is 3.47. The van der Waals surface area contributed by atoms with E-state index in [1.807, 2.05) is 54.5 Å². The van der Waals surface area contributed by atoms with Crippen molar-refractivity contribution in [3.63, 3.8) is 0 Å². The molecule has 134 valence electrons. The Bertz CT molecular complexity index is 602. The van der Waals surface area contributed by atoms with Gasteiger partial charge in [-0.05, 0) is 51.8 Å². The lowest BCUT2D eigenvalue weighted by Crippen LogP contribution is -2.17. The van der Waals surface area contributed by atoms with E-state index in [1.165, 1.54) is 6.07 Å². The minimum Gasteiger partial charge on any atom is -0.475 e. The molecule has 0 bridgehead atoms. The van der Waals surface area contributed by atoms with E-state index in [1.54, 1.807) is 13.8 Å². The van der Waals surface area contributed by atoms with Crippen LogP contribution in [0.15, 0.2) is 17.1 Å². The molecule has 1 aliphatic rings. The van der Waals surface area contributed by atoms with Gasteiger partial charge in [0.2, 0.25) is 5.90 Å². The van der Waals surface area contributed by atoms with Gasteiger partial charge in [-0.1, -0.05) is 33.8 Å². The fourth-order valence-electron chi connectivity index (χ4n) is 2.15. The van der Waals surface area contributed by atoms with Crippen LogP contribution >= 0.6 is 0 Å². The van der Waals surface area contributed by atoms with Gasteiger partial charge in [0.1, 0.15) is 12.4 Å². The normalized spacial score (nSPS) is 15.0. The van der Waals surface area contributed by atoms with Crippen molar-refractivity contribution in [3.8, 4) is 6.07 Å². The SMILES string of the molecule is CC.CC.Cc1cc(C(C)(C)C#N)cc(F)c1C1=NC(C)(C)CO1. The summed E-state index contributed by atoms with van der Waals surface area (Å²) >= 11 is 0. The second kappa shape index (κ2) is 8.82. The number of hydrogen-bond acceptors (Lipinski definition) is 3. The summed E-state index contributed by atoms with van der Waals surface area (Å²) in [7, 11) is 0. The average molecular weight is 334 g/mol. The highest BCUT2D eigenvalue weighted by atomic mass is 19.1. The number of nitrogens with zero attached hydrogens (tertiary/aromatic N) is 2. The van der Waals surface area contributed by atoms with Crippen LogP contribution in [0.25, 0.3) is 0 Å². The molecule has 0 unspecified atom stereocenters. The fourth-order valence-corrected chi connectivity index (χ4v) is 2.15. The van der Waals surface area contributed by atoms with Crippen LogP contribution in [0.1, 0.15) is 72.1 Å². The quantitative estimate of drug-likeness (QED) is 0.712. The number of aryl methyl sites for hydroxylation is 1. The molecule has 0 amide bonds. The number of halogens is 1. The van der Waals surface area contributed by atoms with Gasteiger partial charge < -0.3 is 4.74 Å². The first kappa shape index (κ1) is 22.1. The van der Waals surface area contributed by atoms with Gasteiger partial charge >= 0.3 is 0 Å².